The Morgan fingerprint density at radius 1 is 0.821 bits per heavy atom. The smallest absolute Gasteiger partial charge is 0.258 e. The number of rotatable bonds is 5. The summed E-state index contributed by atoms with van der Waals surface area (Å²) in [6.07, 6.45) is 2.51. The highest BCUT2D eigenvalue weighted by Crippen LogP contribution is 2.25. The molecule has 3 aromatic rings. The second-order valence-electron chi connectivity index (χ2n) is 7.01. The van der Waals surface area contributed by atoms with Crippen molar-refractivity contribution >= 4 is 17.3 Å². The van der Waals surface area contributed by atoms with Crippen LogP contribution in [-0.2, 0) is 0 Å². The van der Waals surface area contributed by atoms with Crippen molar-refractivity contribution in [3.8, 4) is 11.5 Å². The first-order chi connectivity index (χ1) is 13.7. The third kappa shape index (κ3) is 4.01. The molecule has 0 aliphatic carbocycles. The van der Waals surface area contributed by atoms with Crippen LogP contribution in [0.3, 0.4) is 0 Å². The van der Waals surface area contributed by atoms with Gasteiger partial charge in [0.05, 0.1) is 0 Å². The lowest BCUT2D eigenvalue weighted by atomic mass is 10.1. The number of ether oxygens (including phenoxy) is 1. The number of benzene rings is 3. The van der Waals surface area contributed by atoms with E-state index < -0.39 is 0 Å². The van der Waals surface area contributed by atoms with Crippen LogP contribution >= 0.6 is 0 Å². The summed E-state index contributed by atoms with van der Waals surface area (Å²) in [5, 5.41) is 0. The van der Waals surface area contributed by atoms with Crippen molar-refractivity contribution < 1.29 is 9.53 Å². The van der Waals surface area contributed by atoms with Crippen LogP contribution in [0.15, 0.2) is 78.9 Å². The topological polar surface area (TPSA) is 32.8 Å². The van der Waals surface area contributed by atoms with Gasteiger partial charge in [-0.2, -0.15) is 0 Å². The fourth-order valence-corrected chi connectivity index (χ4v) is 3.46. The summed E-state index contributed by atoms with van der Waals surface area (Å²) in [5.74, 6) is 1.44. The van der Waals surface area contributed by atoms with Crippen LogP contribution in [0.4, 0.5) is 11.4 Å². The summed E-state index contributed by atoms with van der Waals surface area (Å²) >= 11 is 0. The molecule has 4 nitrogen and oxygen atoms in total. The van der Waals surface area contributed by atoms with Crippen molar-refractivity contribution in [1.82, 2.24) is 0 Å². The molecule has 1 heterocycles. The molecule has 1 aliphatic rings. The molecular formula is C24H24N2O2. The van der Waals surface area contributed by atoms with Crippen molar-refractivity contribution in [1.29, 1.82) is 0 Å². The average Bonchev–Trinajstić information content (AvgIpc) is 3.29. The van der Waals surface area contributed by atoms with Crippen molar-refractivity contribution in [3.63, 3.8) is 0 Å². The summed E-state index contributed by atoms with van der Waals surface area (Å²) in [6.45, 7) is 2.23. The highest BCUT2D eigenvalue weighted by molar-refractivity contribution is 6.05. The van der Waals surface area contributed by atoms with E-state index in [1.807, 2.05) is 61.6 Å². The van der Waals surface area contributed by atoms with Gasteiger partial charge in [0.1, 0.15) is 11.5 Å². The van der Waals surface area contributed by atoms with E-state index in [9.17, 15) is 4.79 Å². The van der Waals surface area contributed by atoms with Gasteiger partial charge in [0.2, 0.25) is 0 Å². The van der Waals surface area contributed by atoms with E-state index in [1.54, 1.807) is 17.0 Å². The minimum absolute atomic E-state index is 0.0415. The Morgan fingerprint density at radius 2 is 1.43 bits per heavy atom. The first-order valence-corrected chi connectivity index (χ1v) is 9.67. The fourth-order valence-electron chi connectivity index (χ4n) is 3.46. The van der Waals surface area contributed by atoms with E-state index >= 15 is 0 Å². The van der Waals surface area contributed by atoms with Crippen molar-refractivity contribution in [2.45, 2.75) is 12.8 Å². The lowest BCUT2D eigenvalue weighted by Crippen LogP contribution is -2.26. The van der Waals surface area contributed by atoms with Crippen molar-refractivity contribution in [3.05, 3.63) is 84.4 Å². The minimum Gasteiger partial charge on any atom is -0.457 e. The largest absolute Gasteiger partial charge is 0.457 e. The van der Waals surface area contributed by atoms with Crippen LogP contribution in [0.2, 0.25) is 0 Å². The molecule has 0 aromatic heterocycles. The molecule has 28 heavy (non-hydrogen) atoms. The van der Waals surface area contributed by atoms with Gasteiger partial charge in [-0.25, -0.2) is 0 Å². The summed E-state index contributed by atoms with van der Waals surface area (Å²) in [7, 11) is 1.81. The number of hydrogen-bond acceptors (Lipinski definition) is 3. The fraction of sp³-hybridized carbons (Fsp3) is 0.208. The number of para-hydroxylation sites is 1. The standard InChI is InChI=1S/C24H24N2O2/c1-25(20-11-13-21(14-12-20)26-17-5-6-18-26)24(27)19-9-15-23(16-10-19)28-22-7-3-2-4-8-22/h2-4,7-16H,5-6,17-18H2,1H3. The SMILES string of the molecule is CN(C(=O)c1ccc(Oc2ccccc2)cc1)c1ccc(N2CCCC2)cc1. The number of hydrogen-bond donors (Lipinski definition) is 0. The van der Waals surface area contributed by atoms with Gasteiger partial charge < -0.3 is 14.5 Å². The van der Waals surface area contributed by atoms with Crippen LogP contribution in [0, 0.1) is 0 Å². The monoisotopic (exact) mass is 372 g/mol. The third-order valence-corrected chi connectivity index (χ3v) is 5.09. The zero-order chi connectivity index (χ0) is 19.3. The van der Waals surface area contributed by atoms with E-state index in [-0.39, 0.29) is 5.91 Å². The van der Waals surface area contributed by atoms with Gasteiger partial charge in [-0.05, 0) is 73.5 Å². The number of nitrogens with zero attached hydrogens (tertiary/aromatic N) is 2. The predicted molar refractivity (Wildman–Crippen MR) is 114 cm³/mol. The first kappa shape index (κ1) is 18.1. The number of amides is 1. The Bertz CT molecular complexity index is 915. The van der Waals surface area contributed by atoms with Gasteiger partial charge in [-0.1, -0.05) is 18.2 Å². The molecule has 4 rings (SSSR count). The molecule has 0 unspecified atom stereocenters. The summed E-state index contributed by atoms with van der Waals surface area (Å²) in [6, 6.07) is 25.1. The quantitative estimate of drug-likeness (QED) is 0.605. The lowest BCUT2D eigenvalue weighted by Gasteiger charge is -2.21. The molecule has 0 N–H and O–H groups in total. The van der Waals surface area contributed by atoms with Gasteiger partial charge in [0.15, 0.2) is 0 Å². The lowest BCUT2D eigenvalue weighted by molar-refractivity contribution is 0.0993. The van der Waals surface area contributed by atoms with Gasteiger partial charge in [0, 0.05) is 37.1 Å². The van der Waals surface area contributed by atoms with Crippen molar-refractivity contribution in [2.24, 2.45) is 0 Å². The predicted octanol–water partition coefficient (Wildman–Crippen LogP) is 5.36. The van der Waals surface area contributed by atoms with Gasteiger partial charge in [0.25, 0.3) is 5.91 Å². The molecule has 4 heteroatoms. The Labute approximate surface area is 166 Å². The maximum absolute atomic E-state index is 12.8. The zero-order valence-electron chi connectivity index (χ0n) is 16.0. The molecule has 3 aromatic carbocycles. The number of anilines is 2. The second-order valence-corrected chi connectivity index (χ2v) is 7.01. The normalized spacial score (nSPS) is 13.4. The molecule has 142 valence electrons. The molecule has 0 atom stereocenters. The molecule has 1 fully saturated rings. The van der Waals surface area contributed by atoms with Gasteiger partial charge in [-0.3, -0.25) is 4.79 Å². The van der Waals surface area contributed by atoms with Gasteiger partial charge >= 0.3 is 0 Å². The molecule has 0 radical (unpaired) electrons. The molecule has 1 aliphatic heterocycles. The Hall–Kier alpha value is -3.27. The van der Waals surface area contributed by atoms with Crippen LogP contribution in [-0.4, -0.2) is 26.0 Å². The van der Waals surface area contributed by atoms with E-state index in [2.05, 4.69) is 17.0 Å². The Morgan fingerprint density at radius 3 is 2.07 bits per heavy atom. The molecule has 0 bridgehead atoms. The molecule has 0 spiro atoms. The molecule has 0 saturated carbocycles. The third-order valence-electron chi connectivity index (χ3n) is 5.09. The average molecular weight is 372 g/mol. The molecular weight excluding hydrogens is 348 g/mol. The minimum atomic E-state index is -0.0415. The summed E-state index contributed by atoms with van der Waals surface area (Å²) in [4.78, 5) is 16.9. The van der Waals surface area contributed by atoms with E-state index in [0.29, 0.717) is 11.3 Å². The first-order valence-electron chi connectivity index (χ1n) is 9.67. The van der Waals surface area contributed by atoms with E-state index in [4.69, 9.17) is 4.74 Å². The maximum atomic E-state index is 12.8. The van der Waals surface area contributed by atoms with Crippen LogP contribution < -0.4 is 14.5 Å². The van der Waals surface area contributed by atoms with Crippen LogP contribution in [0.1, 0.15) is 23.2 Å². The highest BCUT2D eigenvalue weighted by Gasteiger charge is 2.16. The van der Waals surface area contributed by atoms with Gasteiger partial charge in [-0.15, -0.1) is 0 Å². The second kappa shape index (κ2) is 8.17. The molecule has 1 amide bonds. The highest BCUT2D eigenvalue weighted by atomic mass is 16.5. The van der Waals surface area contributed by atoms with Crippen LogP contribution in [0.25, 0.3) is 0 Å². The van der Waals surface area contributed by atoms with Crippen LogP contribution in [0.5, 0.6) is 11.5 Å². The summed E-state index contributed by atoms with van der Waals surface area (Å²) in [5.41, 5.74) is 2.74. The Balaban J connectivity index is 1.43. The van der Waals surface area contributed by atoms with E-state index in [0.717, 1.165) is 24.5 Å². The van der Waals surface area contributed by atoms with Crippen molar-refractivity contribution in [2.75, 3.05) is 29.9 Å². The van der Waals surface area contributed by atoms with E-state index in [1.165, 1.54) is 18.5 Å². The molecule has 1 saturated heterocycles. The maximum Gasteiger partial charge on any atom is 0.258 e. The number of carbonyl (C=O) groups is 1. The summed E-state index contributed by atoms with van der Waals surface area (Å²) < 4.78 is 5.79. The Kier molecular flexibility index (Phi) is 5.29. The number of carbonyl (C=O) groups excluding carboxylic acids is 1. The zero-order valence-corrected chi connectivity index (χ0v) is 16.0.